The van der Waals surface area contributed by atoms with E-state index in [1.807, 2.05) is 0 Å². The van der Waals surface area contributed by atoms with Crippen molar-refractivity contribution in [3.05, 3.63) is 85.8 Å². The van der Waals surface area contributed by atoms with E-state index >= 15 is 0 Å². The summed E-state index contributed by atoms with van der Waals surface area (Å²) in [6, 6.07) is 7.92. The predicted octanol–water partition coefficient (Wildman–Crippen LogP) is 1.47. The van der Waals surface area contributed by atoms with Crippen LogP contribution in [0.15, 0.2) is 57.3 Å². The SMILES string of the molecule is Cn1c(=O)n(CCCO)c(=O)c2c1nc(C1=C(C#N)C=C=C1)n2Cc1ccc(F)cc1. The Balaban J connectivity index is 2.04. The van der Waals surface area contributed by atoms with Crippen LogP contribution < -0.4 is 11.2 Å². The Kier molecular flexibility index (Phi) is 5.26. The van der Waals surface area contributed by atoms with Gasteiger partial charge in [-0.25, -0.2) is 14.2 Å². The molecule has 156 valence electrons. The van der Waals surface area contributed by atoms with E-state index < -0.39 is 11.2 Å². The van der Waals surface area contributed by atoms with Gasteiger partial charge < -0.3 is 9.67 Å². The molecule has 0 aliphatic heterocycles. The third kappa shape index (κ3) is 3.44. The number of rotatable bonds is 6. The van der Waals surface area contributed by atoms with Gasteiger partial charge in [0, 0.05) is 32.3 Å². The number of hydrogen-bond acceptors (Lipinski definition) is 5. The van der Waals surface area contributed by atoms with E-state index in [2.05, 4.69) is 16.8 Å². The van der Waals surface area contributed by atoms with Gasteiger partial charge in [0.15, 0.2) is 11.2 Å². The fourth-order valence-corrected chi connectivity index (χ4v) is 3.57. The van der Waals surface area contributed by atoms with Crippen molar-refractivity contribution in [2.45, 2.75) is 19.5 Å². The molecule has 4 rings (SSSR count). The average Bonchev–Trinajstić information content (AvgIpc) is 3.38. The first-order valence-corrected chi connectivity index (χ1v) is 9.59. The molecule has 0 bridgehead atoms. The van der Waals surface area contributed by atoms with Gasteiger partial charge in [-0.2, -0.15) is 5.26 Å². The first-order valence-electron chi connectivity index (χ1n) is 9.59. The number of aryl methyl sites for hydroxylation is 1. The Morgan fingerprint density at radius 1 is 1.19 bits per heavy atom. The van der Waals surface area contributed by atoms with Crippen LogP contribution in [0.3, 0.4) is 0 Å². The summed E-state index contributed by atoms with van der Waals surface area (Å²) in [5.74, 6) is -0.0465. The number of imidazole rings is 1. The van der Waals surface area contributed by atoms with E-state index in [0.29, 0.717) is 22.5 Å². The van der Waals surface area contributed by atoms with E-state index in [4.69, 9.17) is 5.11 Å². The zero-order chi connectivity index (χ0) is 22.1. The number of aliphatic hydroxyl groups excluding tert-OH is 1. The van der Waals surface area contributed by atoms with Gasteiger partial charge in [-0.05, 0) is 36.3 Å². The summed E-state index contributed by atoms with van der Waals surface area (Å²) in [4.78, 5) is 30.6. The minimum atomic E-state index is -0.543. The standard InChI is InChI=1S/C22H18FN5O3/c1-26-20-18(21(30)27(22(26)31)10-3-11-29)28(13-14-6-8-16(23)9-7-14)19(25-20)17-5-2-4-15(17)12-24/h4-9,29H,3,10-11,13H2,1H3. The van der Waals surface area contributed by atoms with Crippen molar-refractivity contribution in [1.29, 1.82) is 5.26 Å². The van der Waals surface area contributed by atoms with Crippen molar-refractivity contribution in [3.63, 3.8) is 0 Å². The van der Waals surface area contributed by atoms with Crippen molar-refractivity contribution in [2.75, 3.05) is 6.61 Å². The first kappa shape index (κ1) is 20.3. The zero-order valence-corrected chi connectivity index (χ0v) is 16.7. The van der Waals surface area contributed by atoms with Crippen molar-refractivity contribution in [1.82, 2.24) is 18.7 Å². The minimum Gasteiger partial charge on any atom is -0.396 e. The molecule has 1 aliphatic rings. The summed E-state index contributed by atoms with van der Waals surface area (Å²) in [6.45, 7) is 0.0703. The Morgan fingerprint density at radius 2 is 1.94 bits per heavy atom. The van der Waals surface area contributed by atoms with Crippen LogP contribution >= 0.6 is 0 Å². The number of nitriles is 1. The molecule has 9 heteroatoms. The molecule has 3 aromatic rings. The topological polar surface area (TPSA) is 106 Å². The van der Waals surface area contributed by atoms with Crippen LogP contribution in [0.2, 0.25) is 0 Å². The highest BCUT2D eigenvalue weighted by Crippen LogP contribution is 2.26. The van der Waals surface area contributed by atoms with Gasteiger partial charge >= 0.3 is 5.69 Å². The maximum atomic E-state index is 13.4. The molecule has 0 spiro atoms. The molecule has 2 aromatic heterocycles. The normalized spacial score (nSPS) is 12.8. The van der Waals surface area contributed by atoms with Gasteiger partial charge in [-0.15, -0.1) is 5.73 Å². The Morgan fingerprint density at radius 3 is 2.61 bits per heavy atom. The van der Waals surface area contributed by atoms with E-state index in [1.165, 1.54) is 29.8 Å². The van der Waals surface area contributed by atoms with E-state index in [9.17, 15) is 19.2 Å². The summed E-state index contributed by atoms with van der Waals surface area (Å²) >= 11 is 0. The third-order valence-electron chi connectivity index (χ3n) is 5.13. The van der Waals surface area contributed by atoms with Gasteiger partial charge in [-0.1, -0.05) is 12.1 Å². The fraction of sp³-hybridized carbons (Fsp3) is 0.227. The van der Waals surface area contributed by atoms with E-state index in [0.717, 1.165) is 4.57 Å². The summed E-state index contributed by atoms with van der Waals surface area (Å²) in [7, 11) is 1.51. The van der Waals surface area contributed by atoms with Crippen molar-refractivity contribution in [3.8, 4) is 6.07 Å². The van der Waals surface area contributed by atoms with Gasteiger partial charge in [0.1, 0.15) is 17.7 Å². The highest BCUT2D eigenvalue weighted by atomic mass is 19.1. The van der Waals surface area contributed by atoms with Crippen LogP contribution in [0.5, 0.6) is 0 Å². The Hall–Kier alpha value is -3.99. The third-order valence-corrected chi connectivity index (χ3v) is 5.13. The molecule has 1 aliphatic carbocycles. The van der Waals surface area contributed by atoms with Crippen LogP contribution in [-0.4, -0.2) is 30.4 Å². The summed E-state index contributed by atoms with van der Waals surface area (Å²) in [5.41, 5.74) is 3.67. The molecule has 8 nitrogen and oxygen atoms in total. The maximum Gasteiger partial charge on any atom is 0.332 e. The van der Waals surface area contributed by atoms with Gasteiger partial charge in [0.05, 0.1) is 5.57 Å². The number of fused-ring (bicyclic) bond motifs is 1. The molecule has 0 unspecified atom stereocenters. The van der Waals surface area contributed by atoms with E-state index in [-0.39, 0.29) is 43.1 Å². The number of allylic oxidation sites excluding steroid dienone is 3. The van der Waals surface area contributed by atoms with Gasteiger partial charge in [-0.3, -0.25) is 13.9 Å². The zero-order valence-electron chi connectivity index (χ0n) is 16.7. The number of benzene rings is 1. The van der Waals surface area contributed by atoms with Crippen LogP contribution in [0, 0.1) is 17.1 Å². The molecule has 0 saturated heterocycles. The molecule has 1 N–H and O–H groups in total. The van der Waals surface area contributed by atoms with Crippen molar-refractivity contribution < 1.29 is 9.50 Å². The Bertz CT molecular complexity index is 1440. The molecule has 0 amide bonds. The number of halogens is 1. The lowest BCUT2D eigenvalue weighted by molar-refractivity contribution is 0.277. The smallest absolute Gasteiger partial charge is 0.332 e. The molecule has 1 aromatic carbocycles. The second-order valence-electron chi connectivity index (χ2n) is 7.09. The van der Waals surface area contributed by atoms with Gasteiger partial charge in [0.2, 0.25) is 0 Å². The summed E-state index contributed by atoms with van der Waals surface area (Å²) in [6.07, 6.45) is 3.37. The number of aliphatic hydroxyl groups is 1. The monoisotopic (exact) mass is 419 g/mol. The average molecular weight is 419 g/mol. The number of nitrogens with zero attached hydrogens (tertiary/aromatic N) is 5. The lowest BCUT2D eigenvalue weighted by atomic mass is 10.1. The van der Waals surface area contributed by atoms with Crippen LogP contribution in [0.25, 0.3) is 16.7 Å². The van der Waals surface area contributed by atoms with Crippen LogP contribution in [0.1, 0.15) is 17.8 Å². The fourth-order valence-electron chi connectivity index (χ4n) is 3.57. The quantitative estimate of drug-likeness (QED) is 0.609. The highest BCUT2D eigenvalue weighted by molar-refractivity contribution is 5.85. The predicted molar refractivity (Wildman–Crippen MR) is 112 cm³/mol. The van der Waals surface area contributed by atoms with Crippen molar-refractivity contribution >= 4 is 16.7 Å². The molecule has 2 heterocycles. The van der Waals surface area contributed by atoms with Crippen LogP contribution in [0.4, 0.5) is 4.39 Å². The maximum absolute atomic E-state index is 13.4. The van der Waals surface area contributed by atoms with Crippen molar-refractivity contribution in [2.24, 2.45) is 7.05 Å². The second kappa shape index (κ2) is 8.03. The van der Waals surface area contributed by atoms with E-state index in [1.54, 1.807) is 22.8 Å². The number of aromatic nitrogens is 4. The number of hydrogen-bond donors (Lipinski definition) is 1. The van der Waals surface area contributed by atoms with Crippen LogP contribution in [-0.2, 0) is 20.1 Å². The molecular weight excluding hydrogens is 401 g/mol. The highest BCUT2D eigenvalue weighted by Gasteiger charge is 2.23. The molecular formula is C22H18FN5O3. The molecule has 0 radical (unpaired) electrons. The largest absolute Gasteiger partial charge is 0.396 e. The first-order chi connectivity index (χ1) is 15.0. The lowest BCUT2D eigenvalue weighted by Crippen LogP contribution is -2.40. The molecule has 31 heavy (non-hydrogen) atoms. The second-order valence-corrected chi connectivity index (χ2v) is 7.09. The molecule has 0 atom stereocenters. The minimum absolute atomic E-state index is 0.0581. The summed E-state index contributed by atoms with van der Waals surface area (Å²) in [5, 5.41) is 18.6. The summed E-state index contributed by atoms with van der Waals surface area (Å²) < 4.78 is 17.3. The van der Waals surface area contributed by atoms with Gasteiger partial charge in [0.25, 0.3) is 5.56 Å². The molecule has 0 fully saturated rings. The lowest BCUT2D eigenvalue weighted by Gasteiger charge is -2.11. The molecule has 0 saturated carbocycles. The Labute approximate surface area is 175 Å².